The third-order valence-electron chi connectivity index (χ3n) is 4.96. The summed E-state index contributed by atoms with van der Waals surface area (Å²) in [5.74, 6) is 0.588. The predicted molar refractivity (Wildman–Crippen MR) is 111 cm³/mol. The van der Waals surface area contributed by atoms with Gasteiger partial charge in [-0.05, 0) is 37.1 Å². The Balaban J connectivity index is 1.89. The zero-order chi connectivity index (χ0) is 20.9. The fourth-order valence-corrected chi connectivity index (χ4v) is 4.48. The normalized spacial score (nSPS) is 14.8. The molecule has 1 aliphatic heterocycles. The van der Waals surface area contributed by atoms with E-state index in [2.05, 4.69) is 4.72 Å². The molecule has 1 fully saturated rings. The number of methoxy groups -OCH3 is 2. The molecule has 1 amide bonds. The van der Waals surface area contributed by atoms with Crippen LogP contribution in [-0.2, 0) is 10.0 Å². The van der Waals surface area contributed by atoms with Crippen molar-refractivity contribution in [1.29, 1.82) is 0 Å². The first kappa shape index (κ1) is 21.0. The molecule has 1 heterocycles. The first-order valence-electron chi connectivity index (χ1n) is 9.59. The molecule has 0 unspecified atom stereocenters. The lowest BCUT2D eigenvalue weighted by Crippen LogP contribution is -2.32. The molecular weight excluding hydrogens is 392 g/mol. The molecule has 3 rings (SSSR count). The minimum atomic E-state index is -3.92. The predicted octanol–water partition coefficient (Wildman–Crippen LogP) is 3.52. The number of hydrogen-bond donors (Lipinski definition) is 1. The standard InChI is InChI=1S/C21H26N2O5S/c1-27-19-12-11-16(15-20(19)28-2)29(25,26)22-18-10-6-5-9-17(18)21(24)23-13-7-3-4-8-14-23/h5-6,9-12,15,22H,3-4,7-8,13-14H2,1-2H3. The molecule has 0 aliphatic carbocycles. The van der Waals surface area contributed by atoms with Crippen molar-refractivity contribution in [1.82, 2.24) is 4.90 Å². The smallest absolute Gasteiger partial charge is 0.262 e. The Morgan fingerprint density at radius 1 is 0.931 bits per heavy atom. The SMILES string of the molecule is COc1ccc(S(=O)(=O)Nc2ccccc2C(=O)N2CCCCCC2)cc1OC. The van der Waals surface area contributed by atoms with Gasteiger partial charge in [0.25, 0.3) is 15.9 Å². The number of para-hydroxylation sites is 1. The molecule has 1 aliphatic rings. The second kappa shape index (κ2) is 9.17. The van der Waals surface area contributed by atoms with Gasteiger partial charge in [-0.15, -0.1) is 0 Å². The largest absolute Gasteiger partial charge is 0.493 e. The fraction of sp³-hybridized carbons (Fsp3) is 0.381. The van der Waals surface area contributed by atoms with E-state index in [-0.39, 0.29) is 16.5 Å². The minimum Gasteiger partial charge on any atom is -0.493 e. The lowest BCUT2D eigenvalue weighted by molar-refractivity contribution is 0.0762. The Bertz CT molecular complexity index is 967. The fourth-order valence-electron chi connectivity index (χ4n) is 3.39. The number of carbonyl (C=O) groups excluding carboxylic acids is 1. The monoisotopic (exact) mass is 418 g/mol. The van der Waals surface area contributed by atoms with E-state index in [1.807, 2.05) is 0 Å². The maximum absolute atomic E-state index is 13.0. The zero-order valence-electron chi connectivity index (χ0n) is 16.7. The number of carbonyl (C=O) groups is 1. The van der Waals surface area contributed by atoms with Gasteiger partial charge in [0, 0.05) is 19.2 Å². The number of ether oxygens (including phenoxy) is 2. The van der Waals surface area contributed by atoms with Crippen molar-refractivity contribution in [3.05, 3.63) is 48.0 Å². The van der Waals surface area contributed by atoms with Crippen molar-refractivity contribution in [3.8, 4) is 11.5 Å². The second-order valence-electron chi connectivity index (χ2n) is 6.87. The molecule has 1 saturated heterocycles. The average Bonchev–Trinajstić information content (AvgIpc) is 3.02. The van der Waals surface area contributed by atoms with Crippen molar-refractivity contribution in [3.63, 3.8) is 0 Å². The van der Waals surface area contributed by atoms with Gasteiger partial charge in [-0.1, -0.05) is 25.0 Å². The van der Waals surface area contributed by atoms with Gasteiger partial charge in [-0.25, -0.2) is 8.42 Å². The quantitative estimate of drug-likeness (QED) is 0.776. The van der Waals surface area contributed by atoms with Crippen LogP contribution in [0.1, 0.15) is 36.0 Å². The lowest BCUT2D eigenvalue weighted by Gasteiger charge is -2.22. The summed E-state index contributed by atoms with van der Waals surface area (Å²) in [4.78, 5) is 14.9. The molecular formula is C21H26N2O5S. The van der Waals surface area contributed by atoms with Gasteiger partial charge in [0.2, 0.25) is 0 Å². The van der Waals surface area contributed by atoms with Crippen molar-refractivity contribution < 1.29 is 22.7 Å². The Labute approximate surface area is 171 Å². The van der Waals surface area contributed by atoms with Gasteiger partial charge in [0.1, 0.15) is 0 Å². The number of anilines is 1. The Hall–Kier alpha value is -2.74. The number of amides is 1. The molecule has 0 aromatic heterocycles. The van der Waals surface area contributed by atoms with E-state index >= 15 is 0 Å². The molecule has 0 atom stereocenters. The summed E-state index contributed by atoms with van der Waals surface area (Å²) in [6.07, 6.45) is 4.14. The Morgan fingerprint density at radius 2 is 1.59 bits per heavy atom. The van der Waals surface area contributed by atoms with E-state index in [0.717, 1.165) is 25.7 Å². The van der Waals surface area contributed by atoms with Crippen molar-refractivity contribution in [2.45, 2.75) is 30.6 Å². The summed E-state index contributed by atoms with van der Waals surface area (Å²) >= 11 is 0. The lowest BCUT2D eigenvalue weighted by atomic mass is 10.1. The third kappa shape index (κ3) is 4.82. The molecule has 1 N–H and O–H groups in total. The Morgan fingerprint density at radius 3 is 2.24 bits per heavy atom. The van der Waals surface area contributed by atoms with Crippen LogP contribution in [0.4, 0.5) is 5.69 Å². The van der Waals surface area contributed by atoms with E-state index in [9.17, 15) is 13.2 Å². The summed E-state index contributed by atoms with van der Waals surface area (Å²) in [6, 6.07) is 11.0. The average molecular weight is 419 g/mol. The summed E-state index contributed by atoms with van der Waals surface area (Å²) in [6.45, 7) is 1.38. The number of hydrogen-bond acceptors (Lipinski definition) is 5. The van der Waals surface area contributed by atoms with Gasteiger partial charge < -0.3 is 14.4 Å². The van der Waals surface area contributed by atoms with Crippen LogP contribution in [0, 0.1) is 0 Å². The molecule has 0 bridgehead atoms. The zero-order valence-corrected chi connectivity index (χ0v) is 17.5. The highest BCUT2D eigenvalue weighted by molar-refractivity contribution is 7.92. The highest BCUT2D eigenvalue weighted by Gasteiger charge is 2.23. The molecule has 2 aromatic rings. The number of nitrogens with zero attached hydrogens (tertiary/aromatic N) is 1. The number of rotatable bonds is 6. The molecule has 29 heavy (non-hydrogen) atoms. The maximum Gasteiger partial charge on any atom is 0.262 e. The van der Waals surface area contributed by atoms with E-state index in [4.69, 9.17) is 9.47 Å². The van der Waals surface area contributed by atoms with E-state index < -0.39 is 10.0 Å². The molecule has 8 heteroatoms. The van der Waals surface area contributed by atoms with Crippen LogP contribution in [-0.4, -0.2) is 46.5 Å². The molecule has 0 saturated carbocycles. The van der Waals surface area contributed by atoms with Gasteiger partial charge >= 0.3 is 0 Å². The summed E-state index contributed by atoms with van der Waals surface area (Å²) in [5, 5.41) is 0. The third-order valence-corrected chi connectivity index (χ3v) is 6.32. The molecule has 7 nitrogen and oxygen atoms in total. The van der Waals surface area contributed by atoms with Crippen LogP contribution in [0.15, 0.2) is 47.4 Å². The van der Waals surface area contributed by atoms with Gasteiger partial charge in [0.15, 0.2) is 11.5 Å². The van der Waals surface area contributed by atoms with Crippen LogP contribution in [0.25, 0.3) is 0 Å². The van der Waals surface area contributed by atoms with Crippen molar-refractivity contribution in [2.75, 3.05) is 32.0 Å². The van der Waals surface area contributed by atoms with Gasteiger partial charge in [0.05, 0.1) is 30.4 Å². The molecule has 0 spiro atoms. The first-order valence-corrected chi connectivity index (χ1v) is 11.1. The van der Waals surface area contributed by atoms with Crippen LogP contribution in [0.2, 0.25) is 0 Å². The second-order valence-corrected chi connectivity index (χ2v) is 8.56. The van der Waals surface area contributed by atoms with Crippen molar-refractivity contribution in [2.24, 2.45) is 0 Å². The van der Waals surface area contributed by atoms with E-state index in [0.29, 0.717) is 30.2 Å². The first-order chi connectivity index (χ1) is 14.0. The summed E-state index contributed by atoms with van der Waals surface area (Å²) < 4.78 is 38.8. The van der Waals surface area contributed by atoms with Gasteiger partial charge in [-0.2, -0.15) is 0 Å². The number of sulfonamides is 1. The van der Waals surface area contributed by atoms with E-state index in [1.165, 1.54) is 32.4 Å². The topological polar surface area (TPSA) is 84.9 Å². The molecule has 2 aromatic carbocycles. The number of benzene rings is 2. The minimum absolute atomic E-state index is 0.0205. The number of likely N-dealkylation sites (tertiary alicyclic amines) is 1. The van der Waals surface area contributed by atoms with Crippen molar-refractivity contribution >= 4 is 21.6 Å². The summed E-state index contributed by atoms with van der Waals surface area (Å²) in [7, 11) is -0.999. The van der Waals surface area contributed by atoms with Crippen LogP contribution in [0.3, 0.4) is 0 Å². The van der Waals surface area contributed by atoms with E-state index in [1.54, 1.807) is 29.2 Å². The maximum atomic E-state index is 13.0. The van der Waals surface area contributed by atoms with Crippen LogP contribution >= 0.6 is 0 Å². The molecule has 156 valence electrons. The Kier molecular flexibility index (Phi) is 6.64. The van der Waals surface area contributed by atoms with Crippen LogP contribution < -0.4 is 14.2 Å². The molecule has 0 radical (unpaired) electrons. The number of nitrogens with one attached hydrogen (secondary N) is 1. The summed E-state index contributed by atoms with van der Waals surface area (Å²) in [5.41, 5.74) is 0.606. The highest BCUT2D eigenvalue weighted by Crippen LogP contribution is 2.30. The van der Waals surface area contributed by atoms with Crippen LogP contribution in [0.5, 0.6) is 11.5 Å². The van der Waals surface area contributed by atoms with Gasteiger partial charge in [-0.3, -0.25) is 9.52 Å². The highest BCUT2D eigenvalue weighted by atomic mass is 32.2.